The zero-order chi connectivity index (χ0) is 8.84. The van der Waals surface area contributed by atoms with Gasteiger partial charge in [0.2, 0.25) is 5.91 Å². The number of carbonyl (C=O) groups is 1. The molecule has 13 heavy (non-hydrogen) atoms. The number of hydrogen-bond donors (Lipinski definition) is 1. The van der Waals surface area contributed by atoms with E-state index >= 15 is 0 Å². The van der Waals surface area contributed by atoms with Gasteiger partial charge >= 0.3 is 0 Å². The van der Waals surface area contributed by atoms with Gasteiger partial charge in [-0.3, -0.25) is 4.79 Å². The summed E-state index contributed by atoms with van der Waals surface area (Å²) in [6.45, 7) is 2.04. The van der Waals surface area contributed by atoms with Crippen LogP contribution in [0.3, 0.4) is 0 Å². The van der Waals surface area contributed by atoms with Gasteiger partial charge in [-0.1, -0.05) is 0 Å². The van der Waals surface area contributed by atoms with Crippen molar-refractivity contribution >= 4 is 5.91 Å². The molecule has 2 saturated heterocycles. The van der Waals surface area contributed by atoms with Crippen molar-refractivity contribution < 1.29 is 4.79 Å². The third kappa shape index (κ3) is 1.26. The van der Waals surface area contributed by atoms with Gasteiger partial charge < -0.3 is 10.2 Å². The van der Waals surface area contributed by atoms with Crippen molar-refractivity contribution in [1.82, 2.24) is 10.2 Å². The van der Waals surface area contributed by atoms with Crippen LogP contribution in [-0.2, 0) is 4.79 Å². The highest BCUT2D eigenvalue weighted by Crippen LogP contribution is 2.36. The molecular formula is C10H16N2O. The number of piperazine rings is 1. The van der Waals surface area contributed by atoms with Gasteiger partial charge in [0.05, 0.1) is 0 Å². The summed E-state index contributed by atoms with van der Waals surface area (Å²) in [6, 6.07) is 1.06. The second-order valence-electron chi connectivity index (χ2n) is 4.65. The van der Waals surface area contributed by atoms with E-state index < -0.39 is 0 Å². The summed E-state index contributed by atoms with van der Waals surface area (Å²) in [6.07, 6.45) is 4.64. The molecule has 2 aliphatic heterocycles. The zero-order valence-corrected chi connectivity index (χ0v) is 7.83. The summed E-state index contributed by atoms with van der Waals surface area (Å²) < 4.78 is 0. The van der Waals surface area contributed by atoms with Crippen molar-refractivity contribution in [3.05, 3.63) is 0 Å². The van der Waals surface area contributed by atoms with Crippen molar-refractivity contribution in [2.24, 2.45) is 5.92 Å². The van der Waals surface area contributed by atoms with E-state index in [-0.39, 0.29) is 0 Å². The fraction of sp³-hybridized carbons (Fsp3) is 0.900. The molecular weight excluding hydrogens is 164 g/mol. The minimum atomic E-state index is 0.422. The summed E-state index contributed by atoms with van der Waals surface area (Å²) in [5.41, 5.74) is 0. The lowest BCUT2D eigenvalue weighted by molar-refractivity contribution is -0.147. The number of piperidine rings is 1. The molecule has 1 amide bonds. The highest BCUT2D eigenvalue weighted by molar-refractivity contribution is 5.78. The van der Waals surface area contributed by atoms with E-state index in [2.05, 4.69) is 10.2 Å². The maximum Gasteiger partial charge on any atom is 0.223 e. The lowest BCUT2D eigenvalue weighted by Crippen LogP contribution is -2.69. The standard InChI is InChI=1S/C10H16N2O/c13-10(3-7-1-2-7)12-8-4-9(12)6-11-5-8/h7-9,11H,1-6H2. The number of carbonyl (C=O) groups excluding carboxylic acids is 1. The second-order valence-corrected chi connectivity index (χ2v) is 4.65. The molecule has 2 heterocycles. The van der Waals surface area contributed by atoms with Gasteiger partial charge in [-0.15, -0.1) is 0 Å². The summed E-state index contributed by atoms with van der Waals surface area (Å²) in [7, 11) is 0. The first-order valence-electron chi connectivity index (χ1n) is 5.36. The molecule has 3 nitrogen and oxygen atoms in total. The van der Waals surface area contributed by atoms with Crippen molar-refractivity contribution in [2.75, 3.05) is 13.1 Å². The molecule has 3 aliphatic rings. The van der Waals surface area contributed by atoms with Gasteiger partial charge in [-0.05, 0) is 25.2 Å². The van der Waals surface area contributed by atoms with Gasteiger partial charge in [0.15, 0.2) is 0 Å². The first kappa shape index (κ1) is 7.80. The molecule has 1 N–H and O–H groups in total. The quantitative estimate of drug-likeness (QED) is 0.665. The number of amides is 1. The highest BCUT2D eigenvalue weighted by Gasteiger charge is 2.44. The number of fused-ring (bicyclic) bond motifs is 2. The summed E-state index contributed by atoms with van der Waals surface area (Å²) >= 11 is 0. The van der Waals surface area contributed by atoms with Gasteiger partial charge in [-0.25, -0.2) is 0 Å². The van der Waals surface area contributed by atoms with Crippen molar-refractivity contribution in [3.8, 4) is 0 Å². The van der Waals surface area contributed by atoms with Crippen molar-refractivity contribution in [3.63, 3.8) is 0 Å². The molecule has 2 atom stereocenters. The number of rotatable bonds is 2. The Kier molecular flexibility index (Phi) is 1.62. The minimum absolute atomic E-state index is 0.422. The second kappa shape index (κ2) is 2.71. The van der Waals surface area contributed by atoms with Crippen LogP contribution < -0.4 is 5.32 Å². The molecule has 2 bridgehead atoms. The highest BCUT2D eigenvalue weighted by atomic mass is 16.2. The van der Waals surface area contributed by atoms with E-state index in [1.54, 1.807) is 0 Å². The van der Waals surface area contributed by atoms with Gasteiger partial charge in [0.1, 0.15) is 0 Å². The summed E-state index contributed by atoms with van der Waals surface area (Å²) in [5, 5.41) is 3.34. The van der Waals surface area contributed by atoms with Crippen LogP contribution in [0.4, 0.5) is 0 Å². The van der Waals surface area contributed by atoms with Gasteiger partial charge in [0.25, 0.3) is 0 Å². The Morgan fingerprint density at radius 2 is 2.00 bits per heavy atom. The van der Waals surface area contributed by atoms with Crippen LogP contribution in [0, 0.1) is 5.92 Å². The fourth-order valence-corrected chi connectivity index (χ4v) is 2.56. The molecule has 1 saturated carbocycles. The van der Waals surface area contributed by atoms with Gasteiger partial charge in [-0.2, -0.15) is 0 Å². The number of hydrogen-bond acceptors (Lipinski definition) is 2. The van der Waals surface area contributed by atoms with Crippen LogP contribution in [-0.4, -0.2) is 36.0 Å². The molecule has 0 aromatic rings. The molecule has 3 rings (SSSR count). The van der Waals surface area contributed by atoms with E-state index in [0.717, 1.165) is 25.4 Å². The van der Waals surface area contributed by atoms with Crippen LogP contribution in [0.15, 0.2) is 0 Å². The molecule has 0 spiro atoms. The Balaban J connectivity index is 1.61. The predicted molar refractivity (Wildman–Crippen MR) is 49.2 cm³/mol. The Morgan fingerprint density at radius 3 is 2.54 bits per heavy atom. The molecule has 0 aromatic carbocycles. The van der Waals surface area contributed by atoms with E-state index in [1.165, 1.54) is 19.3 Å². The molecule has 0 aromatic heterocycles. The van der Waals surface area contributed by atoms with Crippen LogP contribution in [0.2, 0.25) is 0 Å². The zero-order valence-electron chi connectivity index (χ0n) is 7.83. The smallest absolute Gasteiger partial charge is 0.223 e. The maximum atomic E-state index is 11.8. The summed E-state index contributed by atoms with van der Waals surface area (Å²) in [5.74, 6) is 1.16. The largest absolute Gasteiger partial charge is 0.334 e. The third-order valence-corrected chi connectivity index (χ3v) is 3.54. The maximum absolute atomic E-state index is 11.8. The Hall–Kier alpha value is -0.570. The SMILES string of the molecule is O=C(CC1CC1)N1C2CNCC1C2. The van der Waals surface area contributed by atoms with Gasteiger partial charge in [0, 0.05) is 31.6 Å². The summed E-state index contributed by atoms with van der Waals surface area (Å²) in [4.78, 5) is 13.9. The third-order valence-electron chi connectivity index (χ3n) is 3.54. The fourth-order valence-electron chi connectivity index (χ4n) is 2.56. The number of nitrogens with zero attached hydrogens (tertiary/aromatic N) is 1. The average molecular weight is 180 g/mol. The lowest BCUT2D eigenvalue weighted by atomic mass is 9.88. The van der Waals surface area contributed by atoms with Crippen LogP contribution in [0.5, 0.6) is 0 Å². The van der Waals surface area contributed by atoms with Crippen LogP contribution >= 0.6 is 0 Å². The topological polar surface area (TPSA) is 32.3 Å². The lowest BCUT2D eigenvalue weighted by Gasteiger charge is -2.53. The Bertz CT molecular complexity index is 223. The van der Waals surface area contributed by atoms with E-state index in [9.17, 15) is 4.79 Å². The Labute approximate surface area is 78.5 Å². The monoisotopic (exact) mass is 180 g/mol. The van der Waals surface area contributed by atoms with Crippen molar-refractivity contribution in [1.29, 1.82) is 0 Å². The normalized spacial score (nSPS) is 37.1. The Morgan fingerprint density at radius 1 is 1.31 bits per heavy atom. The van der Waals surface area contributed by atoms with Crippen molar-refractivity contribution in [2.45, 2.75) is 37.8 Å². The molecule has 1 aliphatic carbocycles. The predicted octanol–water partition coefficient (Wildman–Crippen LogP) is 0.359. The van der Waals surface area contributed by atoms with Crippen LogP contribution in [0.1, 0.15) is 25.7 Å². The molecule has 2 unspecified atom stereocenters. The van der Waals surface area contributed by atoms with E-state index in [0.29, 0.717) is 18.0 Å². The molecule has 72 valence electrons. The minimum Gasteiger partial charge on any atom is -0.334 e. The molecule has 3 fully saturated rings. The van der Waals surface area contributed by atoms with Crippen LogP contribution in [0.25, 0.3) is 0 Å². The first-order valence-corrected chi connectivity index (χ1v) is 5.36. The first-order chi connectivity index (χ1) is 6.34. The number of nitrogens with one attached hydrogen (secondary N) is 1. The van der Waals surface area contributed by atoms with E-state index in [4.69, 9.17) is 0 Å². The van der Waals surface area contributed by atoms with E-state index in [1.807, 2.05) is 0 Å². The average Bonchev–Trinajstić information content (AvgIpc) is 2.89. The molecule has 0 radical (unpaired) electrons. The molecule has 3 heteroatoms.